The molecule has 1 atom stereocenters. The van der Waals surface area contributed by atoms with E-state index in [1.165, 1.54) is 16.7 Å². The monoisotopic (exact) mass is 371 g/mol. The van der Waals surface area contributed by atoms with Gasteiger partial charge in [-0.3, -0.25) is 4.79 Å². The standard InChI is InChI=1S/C22H29NO2S/c1-5-20(25-21-11-7-9-17(3)18(21)4)22(24)23-12-13-26-15-19-10-6-8-16(2)14-19/h6-11,14,20H,5,12-13,15H2,1-4H3,(H,23,24). The van der Waals surface area contributed by atoms with Gasteiger partial charge in [0.15, 0.2) is 6.10 Å². The summed E-state index contributed by atoms with van der Waals surface area (Å²) in [5, 5.41) is 3.00. The first-order valence-corrected chi connectivity index (χ1v) is 10.3. The van der Waals surface area contributed by atoms with Gasteiger partial charge in [-0.2, -0.15) is 11.8 Å². The normalized spacial score (nSPS) is 11.8. The van der Waals surface area contributed by atoms with Crippen molar-refractivity contribution in [2.75, 3.05) is 12.3 Å². The number of thioether (sulfide) groups is 1. The molecule has 1 unspecified atom stereocenters. The van der Waals surface area contributed by atoms with E-state index in [-0.39, 0.29) is 5.91 Å². The molecule has 140 valence electrons. The van der Waals surface area contributed by atoms with Gasteiger partial charge in [0.25, 0.3) is 5.91 Å². The third-order valence-electron chi connectivity index (χ3n) is 4.38. The van der Waals surface area contributed by atoms with Gasteiger partial charge in [0.2, 0.25) is 0 Å². The Morgan fingerprint density at radius 2 is 1.92 bits per heavy atom. The quantitative estimate of drug-likeness (QED) is 0.642. The number of hydrogen-bond acceptors (Lipinski definition) is 3. The lowest BCUT2D eigenvalue weighted by atomic mass is 10.1. The van der Waals surface area contributed by atoms with E-state index < -0.39 is 6.10 Å². The van der Waals surface area contributed by atoms with E-state index in [9.17, 15) is 4.79 Å². The van der Waals surface area contributed by atoms with Crippen molar-refractivity contribution < 1.29 is 9.53 Å². The fourth-order valence-corrected chi connectivity index (χ4v) is 3.49. The van der Waals surface area contributed by atoms with E-state index in [2.05, 4.69) is 49.5 Å². The van der Waals surface area contributed by atoms with Crippen molar-refractivity contribution in [3.05, 3.63) is 64.7 Å². The SMILES string of the molecule is CCC(Oc1cccc(C)c1C)C(=O)NCCSCc1cccc(C)c1. The van der Waals surface area contributed by atoms with Crippen LogP contribution in [0.5, 0.6) is 5.75 Å². The van der Waals surface area contributed by atoms with E-state index in [4.69, 9.17) is 4.74 Å². The molecule has 0 heterocycles. The highest BCUT2D eigenvalue weighted by Crippen LogP contribution is 2.22. The fraction of sp³-hybridized carbons (Fsp3) is 0.409. The number of carbonyl (C=O) groups excluding carboxylic acids is 1. The summed E-state index contributed by atoms with van der Waals surface area (Å²) in [6.07, 6.45) is 0.201. The molecule has 0 fully saturated rings. The average Bonchev–Trinajstić information content (AvgIpc) is 2.62. The zero-order valence-electron chi connectivity index (χ0n) is 16.2. The molecule has 2 aromatic carbocycles. The van der Waals surface area contributed by atoms with Gasteiger partial charge in [0.05, 0.1) is 0 Å². The van der Waals surface area contributed by atoms with Crippen molar-refractivity contribution in [3.8, 4) is 5.75 Å². The number of ether oxygens (including phenoxy) is 1. The molecule has 0 saturated carbocycles. The molecule has 3 nitrogen and oxygen atoms in total. The van der Waals surface area contributed by atoms with Crippen molar-refractivity contribution in [2.24, 2.45) is 0 Å². The van der Waals surface area contributed by atoms with Crippen LogP contribution in [0.3, 0.4) is 0 Å². The first kappa shape index (κ1) is 20.4. The topological polar surface area (TPSA) is 38.3 Å². The Bertz CT molecular complexity index is 730. The second kappa shape index (κ2) is 10.3. The lowest BCUT2D eigenvalue weighted by Crippen LogP contribution is -2.39. The Hall–Kier alpha value is -1.94. The van der Waals surface area contributed by atoms with Gasteiger partial charge in [-0.15, -0.1) is 0 Å². The van der Waals surface area contributed by atoms with Gasteiger partial charge >= 0.3 is 0 Å². The molecule has 1 N–H and O–H groups in total. The fourth-order valence-electron chi connectivity index (χ4n) is 2.68. The van der Waals surface area contributed by atoms with Crippen LogP contribution in [0, 0.1) is 20.8 Å². The van der Waals surface area contributed by atoms with E-state index in [0.29, 0.717) is 13.0 Å². The van der Waals surface area contributed by atoms with E-state index in [0.717, 1.165) is 22.8 Å². The molecule has 0 spiro atoms. The summed E-state index contributed by atoms with van der Waals surface area (Å²) in [4.78, 5) is 12.4. The highest BCUT2D eigenvalue weighted by Gasteiger charge is 2.18. The maximum Gasteiger partial charge on any atom is 0.261 e. The number of carbonyl (C=O) groups is 1. The zero-order chi connectivity index (χ0) is 18.9. The minimum atomic E-state index is -0.447. The summed E-state index contributed by atoms with van der Waals surface area (Å²) < 4.78 is 5.96. The molecular formula is C22H29NO2S. The highest BCUT2D eigenvalue weighted by molar-refractivity contribution is 7.98. The number of hydrogen-bond donors (Lipinski definition) is 1. The molecule has 0 aliphatic rings. The van der Waals surface area contributed by atoms with Gasteiger partial charge in [-0.05, 0) is 49.9 Å². The van der Waals surface area contributed by atoms with Crippen molar-refractivity contribution >= 4 is 17.7 Å². The van der Waals surface area contributed by atoms with Gasteiger partial charge in [-0.25, -0.2) is 0 Å². The molecular weight excluding hydrogens is 342 g/mol. The maximum absolute atomic E-state index is 12.4. The zero-order valence-corrected chi connectivity index (χ0v) is 17.0. The Kier molecular flexibility index (Phi) is 8.05. The summed E-state index contributed by atoms with van der Waals surface area (Å²) in [7, 11) is 0. The summed E-state index contributed by atoms with van der Waals surface area (Å²) in [5.74, 6) is 2.61. The average molecular weight is 372 g/mol. The maximum atomic E-state index is 12.4. The Labute approximate surface area is 161 Å². The van der Waals surface area contributed by atoms with Crippen LogP contribution in [0.15, 0.2) is 42.5 Å². The number of aryl methyl sites for hydroxylation is 2. The Morgan fingerprint density at radius 3 is 2.65 bits per heavy atom. The van der Waals surface area contributed by atoms with E-state index in [1.54, 1.807) is 0 Å². The first-order chi connectivity index (χ1) is 12.5. The van der Waals surface area contributed by atoms with Crippen LogP contribution in [-0.2, 0) is 10.5 Å². The summed E-state index contributed by atoms with van der Waals surface area (Å²) in [5.41, 5.74) is 4.87. The van der Waals surface area contributed by atoms with Crippen molar-refractivity contribution in [3.63, 3.8) is 0 Å². The number of benzene rings is 2. The molecule has 0 radical (unpaired) electrons. The van der Waals surface area contributed by atoms with E-state index in [1.807, 2.05) is 37.7 Å². The minimum Gasteiger partial charge on any atom is -0.480 e. The van der Waals surface area contributed by atoms with Crippen LogP contribution in [0.25, 0.3) is 0 Å². The Morgan fingerprint density at radius 1 is 1.15 bits per heavy atom. The molecule has 1 amide bonds. The highest BCUT2D eigenvalue weighted by atomic mass is 32.2. The molecule has 0 aromatic heterocycles. The third kappa shape index (κ3) is 6.10. The van der Waals surface area contributed by atoms with Crippen LogP contribution >= 0.6 is 11.8 Å². The molecule has 0 bridgehead atoms. The predicted molar refractivity (Wildman–Crippen MR) is 111 cm³/mol. The van der Waals surface area contributed by atoms with Gasteiger partial charge in [0.1, 0.15) is 5.75 Å². The number of amides is 1. The van der Waals surface area contributed by atoms with Crippen LogP contribution in [-0.4, -0.2) is 24.3 Å². The van der Waals surface area contributed by atoms with Crippen molar-refractivity contribution in [2.45, 2.75) is 46.0 Å². The predicted octanol–water partition coefficient (Wildman–Crippen LogP) is 4.82. The lowest BCUT2D eigenvalue weighted by Gasteiger charge is -2.19. The van der Waals surface area contributed by atoms with Gasteiger partial charge < -0.3 is 10.1 Å². The van der Waals surface area contributed by atoms with E-state index >= 15 is 0 Å². The molecule has 0 aliphatic heterocycles. The molecule has 0 aliphatic carbocycles. The Balaban J connectivity index is 1.75. The van der Waals surface area contributed by atoms with Crippen LogP contribution in [0.1, 0.15) is 35.6 Å². The lowest BCUT2D eigenvalue weighted by molar-refractivity contribution is -0.128. The van der Waals surface area contributed by atoms with Crippen molar-refractivity contribution in [1.29, 1.82) is 0 Å². The van der Waals surface area contributed by atoms with Gasteiger partial charge in [-0.1, -0.05) is 48.9 Å². The second-order valence-corrected chi connectivity index (χ2v) is 7.65. The van der Waals surface area contributed by atoms with Crippen LogP contribution in [0.4, 0.5) is 0 Å². The third-order valence-corrected chi connectivity index (χ3v) is 5.41. The van der Waals surface area contributed by atoms with Gasteiger partial charge in [0, 0.05) is 18.1 Å². The largest absolute Gasteiger partial charge is 0.480 e. The summed E-state index contributed by atoms with van der Waals surface area (Å²) in [6.45, 7) is 8.81. The molecule has 2 aromatic rings. The number of nitrogens with one attached hydrogen (secondary N) is 1. The molecule has 2 rings (SSSR count). The first-order valence-electron chi connectivity index (χ1n) is 9.15. The number of rotatable bonds is 9. The summed E-state index contributed by atoms with van der Waals surface area (Å²) >= 11 is 1.83. The minimum absolute atomic E-state index is 0.0374. The molecule has 4 heteroatoms. The smallest absolute Gasteiger partial charge is 0.261 e. The molecule has 0 saturated heterocycles. The van der Waals surface area contributed by atoms with Crippen molar-refractivity contribution in [1.82, 2.24) is 5.32 Å². The van der Waals surface area contributed by atoms with Crippen LogP contribution in [0.2, 0.25) is 0 Å². The second-order valence-electron chi connectivity index (χ2n) is 6.55. The van der Waals surface area contributed by atoms with Crippen LogP contribution < -0.4 is 10.1 Å². The molecule has 26 heavy (non-hydrogen) atoms. The summed E-state index contributed by atoms with van der Waals surface area (Å²) in [6, 6.07) is 14.5.